The third-order valence-corrected chi connectivity index (χ3v) is 5.13. The summed E-state index contributed by atoms with van der Waals surface area (Å²) in [5.74, 6) is 4.76. The molecule has 0 aliphatic heterocycles. The van der Waals surface area contributed by atoms with Crippen LogP contribution in [-0.2, 0) is 0 Å². The van der Waals surface area contributed by atoms with Crippen molar-refractivity contribution in [1.82, 2.24) is 9.97 Å². The van der Waals surface area contributed by atoms with Gasteiger partial charge in [0.05, 0.1) is 5.56 Å². The lowest BCUT2D eigenvalue weighted by atomic mass is 9.80. The third-order valence-electron chi connectivity index (χ3n) is 5.13. The average molecular weight is 289 g/mol. The van der Waals surface area contributed by atoms with Crippen molar-refractivity contribution in [2.75, 3.05) is 12.4 Å². The molecular weight excluding hydrogens is 262 g/mol. The van der Waals surface area contributed by atoms with Gasteiger partial charge in [0.2, 0.25) is 5.88 Å². The van der Waals surface area contributed by atoms with Gasteiger partial charge >= 0.3 is 0 Å². The molecule has 0 spiro atoms. The molecule has 116 valence electrons. The molecule has 1 aromatic rings. The van der Waals surface area contributed by atoms with Crippen LogP contribution in [-0.4, -0.2) is 23.1 Å². The molecule has 0 amide bonds. The minimum Gasteiger partial charge on any atom is -0.474 e. The molecule has 2 saturated carbocycles. The molecule has 2 aliphatic rings. The highest BCUT2D eigenvalue weighted by atomic mass is 16.5. The van der Waals surface area contributed by atoms with E-state index < -0.39 is 0 Å². The third kappa shape index (κ3) is 3.14. The lowest BCUT2D eigenvalue weighted by molar-refractivity contribution is 0.0954. The van der Waals surface area contributed by atoms with Gasteiger partial charge in [0.1, 0.15) is 17.7 Å². The van der Waals surface area contributed by atoms with E-state index >= 15 is 0 Å². The molecule has 0 aromatic carbocycles. The van der Waals surface area contributed by atoms with Crippen molar-refractivity contribution in [3.05, 3.63) is 11.4 Å². The highest BCUT2D eigenvalue weighted by molar-refractivity contribution is 5.48. The van der Waals surface area contributed by atoms with E-state index in [4.69, 9.17) is 9.72 Å². The molecule has 1 N–H and O–H groups in total. The fraction of sp³-hybridized carbons (Fsp3) is 0.765. The van der Waals surface area contributed by atoms with Gasteiger partial charge in [-0.3, -0.25) is 0 Å². The van der Waals surface area contributed by atoms with Crippen LogP contribution in [0, 0.1) is 18.8 Å². The largest absolute Gasteiger partial charge is 0.474 e. The van der Waals surface area contributed by atoms with Gasteiger partial charge in [-0.15, -0.1) is 0 Å². The Hall–Kier alpha value is -1.32. The summed E-state index contributed by atoms with van der Waals surface area (Å²) >= 11 is 0. The van der Waals surface area contributed by atoms with Gasteiger partial charge in [-0.05, 0) is 50.9 Å². The molecule has 0 bridgehead atoms. The number of aromatic nitrogens is 2. The molecule has 3 unspecified atom stereocenters. The van der Waals surface area contributed by atoms with Crippen molar-refractivity contribution in [2.45, 2.75) is 64.9 Å². The van der Waals surface area contributed by atoms with Gasteiger partial charge in [-0.1, -0.05) is 13.8 Å². The van der Waals surface area contributed by atoms with Crippen LogP contribution in [0.15, 0.2) is 0 Å². The van der Waals surface area contributed by atoms with Gasteiger partial charge in [0, 0.05) is 13.0 Å². The molecule has 1 heterocycles. The highest BCUT2D eigenvalue weighted by Gasteiger charge is 2.30. The molecule has 4 nitrogen and oxygen atoms in total. The number of hydrogen-bond donors (Lipinski definition) is 1. The standard InChI is InChI=1S/C17H27N3O/c1-10-5-8-14(9-11(10)2)21-17-12(3)15(18-4)19-16(20-17)13-6-7-13/h10-11,13-14H,5-9H2,1-4H3,(H,18,19,20). The first-order valence-corrected chi connectivity index (χ1v) is 8.31. The highest BCUT2D eigenvalue weighted by Crippen LogP contribution is 2.40. The number of rotatable bonds is 4. The van der Waals surface area contributed by atoms with Crippen LogP contribution in [0.25, 0.3) is 0 Å². The van der Waals surface area contributed by atoms with Gasteiger partial charge in [-0.2, -0.15) is 4.98 Å². The lowest BCUT2D eigenvalue weighted by Crippen LogP contribution is -2.29. The van der Waals surface area contributed by atoms with Crippen LogP contribution in [0.3, 0.4) is 0 Å². The second-order valence-corrected chi connectivity index (χ2v) is 6.89. The van der Waals surface area contributed by atoms with E-state index in [1.807, 2.05) is 14.0 Å². The maximum absolute atomic E-state index is 6.27. The molecular formula is C17H27N3O. The Morgan fingerprint density at radius 3 is 2.43 bits per heavy atom. The van der Waals surface area contributed by atoms with Crippen molar-refractivity contribution in [1.29, 1.82) is 0 Å². The van der Waals surface area contributed by atoms with Gasteiger partial charge in [0.15, 0.2) is 0 Å². The molecule has 0 saturated heterocycles. The second-order valence-electron chi connectivity index (χ2n) is 6.89. The molecule has 0 radical (unpaired) electrons. The molecule has 1 aromatic heterocycles. The molecule has 3 rings (SSSR count). The van der Waals surface area contributed by atoms with E-state index in [0.717, 1.165) is 47.8 Å². The Balaban J connectivity index is 1.79. The smallest absolute Gasteiger partial charge is 0.222 e. The molecule has 2 aliphatic carbocycles. The predicted molar refractivity (Wildman–Crippen MR) is 84.9 cm³/mol. The first-order chi connectivity index (χ1) is 10.1. The molecule has 4 heteroatoms. The summed E-state index contributed by atoms with van der Waals surface area (Å²) < 4.78 is 6.27. The topological polar surface area (TPSA) is 47.0 Å². The maximum atomic E-state index is 6.27. The molecule has 3 atom stereocenters. The van der Waals surface area contributed by atoms with E-state index in [9.17, 15) is 0 Å². The number of anilines is 1. The summed E-state index contributed by atoms with van der Waals surface area (Å²) in [4.78, 5) is 9.34. The van der Waals surface area contributed by atoms with E-state index in [0.29, 0.717) is 12.0 Å². The molecule has 2 fully saturated rings. The second kappa shape index (κ2) is 5.82. The Morgan fingerprint density at radius 2 is 1.81 bits per heavy atom. The zero-order valence-electron chi connectivity index (χ0n) is 13.6. The Kier molecular flexibility index (Phi) is 4.05. The maximum Gasteiger partial charge on any atom is 0.222 e. The van der Waals surface area contributed by atoms with Crippen LogP contribution >= 0.6 is 0 Å². The van der Waals surface area contributed by atoms with Gasteiger partial charge in [0.25, 0.3) is 0 Å². The van der Waals surface area contributed by atoms with Crippen LogP contribution in [0.2, 0.25) is 0 Å². The van der Waals surface area contributed by atoms with Gasteiger partial charge in [-0.25, -0.2) is 4.98 Å². The first kappa shape index (κ1) is 14.6. The quantitative estimate of drug-likeness (QED) is 0.913. The fourth-order valence-electron chi connectivity index (χ4n) is 3.16. The summed E-state index contributed by atoms with van der Waals surface area (Å²) in [7, 11) is 1.92. The minimum atomic E-state index is 0.307. The lowest BCUT2D eigenvalue weighted by Gasteiger charge is -2.32. The van der Waals surface area contributed by atoms with Crippen LogP contribution in [0.1, 0.15) is 63.3 Å². The Labute approximate surface area is 127 Å². The van der Waals surface area contributed by atoms with E-state index in [1.54, 1.807) is 0 Å². The van der Waals surface area contributed by atoms with E-state index in [2.05, 4.69) is 24.1 Å². The van der Waals surface area contributed by atoms with Crippen LogP contribution in [0.5, 0.6) is 5.88 Å². The Bertz CT molecular complexity index is 513. The average Bonchev–Trinajstić information content (AvgIpc) is 3.29. The predicted octanol–water partition coefficient (Wildman–Crippen LogP) is 3.91. The van der Waals surface area contributed by atoms with Crippen molar-refractivity contribution in [3.8, 4) is 5.88 Å². The summed E-state index contributed by atoms with van der Waals surface area (Å²) in [5, 5.41) is 3.18. The van der Waals surface area contributed by atoms with E-state index in [-0.39, 0.29) is 0 Å². The SMILES string of the molecule is CNc1nc(C2CC2)nc(OC2CCC(C)C(C)C2)c1C. The zero-order valence-corrected chi connectivity index (χ0v) is 13.6. The first-order valence-electron chi connectivity index (χ1n) is 8.31. The summed E-state index contributed by atoms with van der Waals surface area (Å²) in [6.45, 7) is 6.73. The summed E-state index contributed by atoms with van der Waals surface area (Å²) in [6.07, 6.45) is 6.26. The number of ether oxygens (including phenoxy) is 1. The number of nitrogens with one attached hydrogen (secondary N) is 1. The number of nitrogens with zero attached hydrogens (tertiary/aromatic N) is 2. The molecule has 21 heavy (non-hydrogen) atoms. The van der Waals surface area contributed by atoms with Crippen molar-refractivity contribution >= 4 is 5.82 Å². The zero-order chi connectivity index (χ0) is 15.0. The van der Waals surface area contributed by atoms with Gasteiger partial charge < -0.3 is 10.1 Å². The monoisotopic (exact) mass is 289 g/mol. The fourth-order valence-corrected chi connectivity index (χ4v) is 3.16. The van der Waals surface area contributed by atoms with Crippen molar-refractivity contribution in [3.63, 3.8) is 0 Å². The normalized spacial score (nSPS) is 29.2. The summed E-state index contributed by atoms with van der Waals surface area (Å²) in [6, 6.07) is 0. The van der Waals surface area contributed by atoms with Crippen molar-refractivity contribution < 1.29 is 4.74 Å². The Morgan fingerprint density at radius 1 is 1.05 bits per heavy atom. The summed E-state index contributed by atoms with van der Waals surface area (Å²) in [5.41, 5.74) is 1.04. The number of hydrogen-bond acceptors (Lipinski definition) is 4. The van der Waals surface area contributed by atoms with Crippen LogP contribution in [0.4, 0.5) is 5.82 Å². The minimum absolute atomic E-state index is 0.307. The van der Waals surface area contributed by atoms with Crippen molar-refractivity contribution in [2.24, 2.45) is 11.8 Å². The van der Waals surface area contributed by atoms with E-state index in [1.165, 1.54) is 19.3 Å². The van der Waals surface area contributed by atoms with Crippen LogP contribution < -0.4 is 10.1 Å².